The lowest BCUT2D eigenvalue weighted by molar-refractivity contribution is -0.121. The van der Waals surface area contributed by atoms with Gasteiger partial charge in [-0.15, -0.1) is 0 Å². The van der Waals surface area contributed by atoms with Gasteiger partial charge in [-0.05, 0) is 6.92 Å². The average Bonchev–Trinajstić information content (AvgIpc) is 2.13. The maximum absolute atomic E-state index is 11.4. The molecule has 4 nitrogen and oxygen atoms in total. The predicted molar refractivity (Wildman–Crippen MR) is 42.8 cm³/mol. The Morgan fingerprint density at radius 1 is 1.67 bits per heavy atom. The Balaban J connectivity index is 2.87. The Hall–Kier alpha value is -1.06. The summed E-state index contributed by atoms with van der Waals surface area (Å²) in [6.07, 6.45) is -5.54. The lowest BCUT2D eigenvalue weighted by Gasteiger charge is -2.24. The zero-order valence-corrected chi connectivity index (χ0v) is 6.79. The van der Waals surface area contributed by atoms with E-state index in [1.165, 1.54) is 0 Å². The number of hydrogen-bond acceptors (Lipinski definition) is 3. The maximum atomic E-state index is 11.4. The van der Waals surface area contributed by atoms with E-state index < -0.39 is 37.7 Å². The molecule has 0 atom stereocenters. The van der Waals surface area contributed by atoms with Crippen molar-refractivity contribution in [3.63, 3.8) is 0 Å². The third-order valence-electron chi connectivity index (χ3n) is 1.39. The van der Waals surface area contributed by atoms with E-state index in [2.05, 4.69) is 4.74 Å². The first kappa shape index (κ1) is 4.84. The van der Waals surface area contributed by atoms with Crippen molar-refractivity contribution in [2.75, 3.05) is 19.7 Å². The van der Waals surface area contributed by atoms with Gasteiger partial charge in [-0.2, -0.15) is 0 Å². The van der Waals surface area contributed by atoms with Gasteiger partial charge in [-0.1, -0.05) is 0 Å². The number of ether oxygens (including phenoxy) is 1. The van der Waals surface area contributed by atoms with Crippen molar-refractivity contribution < 1.29 is 19.8 Å². The van der Waals surface area contributed by atoms with Crippen molar-refractivity contribution in [1.82, 2.24) is 4.90 Å². The monoisotopic (exact) mass is 175 g/mol. The van der Waals surface area contributed by atoms with E-state index in [0.717, 1.165) is 4.90 Å². The number of carbonyl (C=O) groups is 2. The van der Waals surface area contributed by atoms with Crippen molar-refractivity contribution >= 4 is 11.9 Å². The van der Waals surface area contributed by atoms with Gasteiger partial charge in [0.15, 0.2) is 0 Å². The van der Waals surface area contributed by atoms with Crippen LogP contribution in [-0.2, 0) is 9.53 Å². The van der Waals surface area contributed by atoms with E-state index >= 15 is 0 Å². The first-order valence-corrected chi connectivity index (χ1v) is 3.67. The van der Waals surface area contributed by atoms with Crippen molar-refractivity contribution in [3.8, 4) is 0 Å². The van der Waals surface area contributed by atoms with E-state index in [1.54, 1.807) is 6.92 Å². The predicted octanol–water partition coefficient (Wildman–Crippen LogP) is 0.808. The zero-order chi connectivity index (χ0) is 12.6. The normalized spacial score (nSPS) is 31.1. The Morgan fingerprint density at radius 3 is 2.75 bits per heavy atom. The maximum Gasteiger partial charge on any atom is 0.409 e. The smallest absolute Gasteiger partial charge is 0.409 e. The van der Waals surface area contributed by atoms with Crippen LogP contribution in [0.4, 0.5) is 4.79 Å². The van der Waals surface area contributed by atoms with Crippen molar-refractivity contribution in [3.05, 3.63) is 0 Å². The molecule has 0 aliphatic carbocycles. The number of ketones is 1. The highest BCUT2D eigenvalue weighted by molar-refractivity contribution is 5.81. The molecule has 0 spiro atoms. The van der Waals surface area contributed by atoms with Crippen LogP contribution < -0.4 is 0 Å². The quantitative estimate of drug-likeness (QED) is 0.592. The summed E-state index contributed by atoms with van der Waals surface area (Å²) in [6.45, 7) is 0.778. The van der Waals surface area contributed by atoms with Crippen LogP contribution in [0.5, 0.6) is 0 Å². The van der Waals surface area contributed by atoms with Gasteiger partial charge >= 0.3 is 6.09 Å². The fourth-order valence-electron chi connectivity index (χ4n) is 0.797. The summed E-state index contributed by atoms with van der Waals surface area (Å²) in [5, 5.41) is 0. The van der Waals surface area contributed by atoms with Gasteiger partial charge in [0, 0.05) is 31.3 Å². The molecule has 1 heterocycles. The van der Waals surface area contributed by atoms with Gasteiger partial charge in [0.05, 0.1) is 6.61 Å². The van der Waals surface area contributed by atoms with Crippen LogP contribution in [0.1, 0.15) is 25.2 Å². The second kappa shape index (κ2) is 4.09. The van der Waals surface area contributed by atoms with Crippen molar-refractivity contribution in [2.45, 2.75) is 19.7 Å². The SMILES string of the molecule is [2H]C1([2H])CN(C(=O)OCC)CC([2H])([2H])C1=O. The summed E-state index contributed by atoms with van der Waals surface area (Å²) >= 11 is 0. The Bertz CT molecular complexity index is 298. The summed E-state index contributed by atoms with van der Waals surface area (Å²) in [6, 6.07) is 0. The number of amides is 1. The van der Waals surface area contributed by atoms with Crippen LogP contribution in [0.2, 0.25) is 0 Å². The van der Waals surface area contributed by atoms with E-state index in [1.807, 2.05) is 0 Å². The molecule has 0 unspecified atom stereocenters. The lowest BCUT2D eigenvalue weighted by atomic mass is 10.1. The number of nitrogens with zero attached hydrogens (tertiary/aromatic N) is 1. The first-order chi connectivity index (χ1) is 7.20. The molecule has 0 radical (unpaired) electrons. The van der Waals surface area contributed by atoms with Gasteiger partial charge in [-0.25, -0.2) is 4.79 Å². The van der Waals surface area contributed by atoms with Gasteiger partial charge < -0.3 is 9.64 Å². The molecule has 0 aromatic rings. The van der Waals surface area contributed by atoms with Crippen LogP contribution in [0.15, 0.2) is 0 Å². The number of hydrogen-bond donors (Lipinski definition) is 0. The second-order valence-corrected chi connectivity index (χ2v) is 2.24. The molecule has 68 valence electrons. The highest BCUT2D eigenvalue weighted by atomic mass is 16.6. The number of rotatable bonds is 1. The molecule has 12 heavy (non-hydrogen) atoms. The molecule has 0 N–H and O–H groups in total. The molecule has 0 bridgehead atoms. The number of carbonyl (C=O) groups excluding carboxylic acids is 2. The molecule has 1 saturated heterocycles. The Morgan fingerprint density at radius 2 is 2.25 bits per heavy atom. The third-order valence-corrected chi connectivity index (χ3v) is 1.39. The average molecular weight is 175 g/mol. The highest BCUT2D eigenvalue weighted by Gasteiger charge is 2.20. The highest BCUT2D eigenvalue weighted by Crippen LogP contribution is 2.06. The van der Waals surface area contributed by atoms with Gasteiger partial charge in [0.1, 0.15) is 5.78 Å². The Kier molecular flexibility index (Phi) is 1.65. The molecule has 1 aliphatic rings. The molecule has 4 heteroatoms. The van der Waals surface area contributed by atoms with Gasteiger partial charge in [0.2, 0.25) is 0 Å². The number of piperidine rings is 1. The Labute approximate surface area is 77.1 Å². The summed E-state index contributed by atoms with van der Waals surface area (Å²) in [7, 11) is 0. The zero-order valence-electron chi connectivity index (χ0n) is 10.8. The van der Waals surface area contributed by atoms with Crippen molar-refractivity contribution in [1.29, 1.82) is 0 Å². The summed E-state index contributed by atoms with van der Waals surface area (Å²) < 4.78 is 34.1. The summed E-state index contributed by atoms with van der Waals surface area (Å²) in [5.41, 5.74) is 0. The lowest BCUT2D eigenvalue weighted by Crippen LogP contribution is -2.38. The fraction of sp³-hybridized carbons (Fsp3) is 0.750. The molecular weight excluding hydrogens is 158 g/mol. The topological polar surface area (TPSA) is 46.6 Å². The van der Waals surface area contributed by atoms with Crippen molar-refractivity contribution in [2.24, 2.45) is 0 Å². The number of likely N-dealkylation sites (tertiary alicyclic amines) is 1. The molecule has 1 rings (SSSR count). The standard InChI is InChI=1S/C8H13NO3/c1-2-12-8(11)9-5-3-7(10)4-6-9/h2-6H2,1H3/i3D2,4D2. The van der Waals surface area contributed by atoms with E-state index in [9.17, 15) is 9.59 Å². The van der Waals surface area contributed by atoms with Gasteiger partial charge in [-0.3, -0.25) is 4.79 Å². The van der Waals surface area contributed by atoms with Crippen LogP contribution >= 0.6 is 0 Å². The van der Waals surface area contributed by atoms with Crippen LogP contribution in [-0.4, -0.2) is 36.5 Å². The first-order valence-electron chi connectivity index (χ1n) is 5.67. The molecule has 0 aromatic heterocycles. The fourth-order valence-corrected chi connectivity index (χ4v) is 0.797. The number of Topliss-reactive ketones (excluding diaryl/α,β-unsaturated/α-hetero) is 1. The van der Waals surface area contributed by atoms with Crippen LogP contribution in [0.3, 0.4) is 0 Å². The summed E-state index contributed by atoms with van der Waals surface area (Å²) in [4.78, 5) is 23.6. The molecular formula is C8H13NO3. The van der Waals surface area contributed by atoms with Crippen LogP contribution in [0, 0.1) is 0 Å². The van der Waals surface area contributed by atoms with Gasteiger partial charge in [0.25, 0.3) is 0 Å². The largest absolute Gasteiger partial charge is 0.450 e. The summed E-state index contributed by atoms with van der Waals surface area (Å²) in [5.74, 6) is -1.12. The molecule has 0 saturated carbocycles. The minimum absolute atomic E-state index is 0.120. The third kappa shape index (κ3) is 2.22. The molecule has 1 amide bonds. The molecule has 0 aromatic carbocycles. The van der Waals surface area contributed by atoms with E-state index in [-0.39, 0.29) is 6.61 Å². The second-order valence-electron chi connectivity index (χ2n) is 2.24. The molecule has 1 aliphatic heterocycles. The minimum atomic E-state index is -2.37. The van der Waals surface area contributed by atoms with Crippen LogP contribution in [0.25, 0.3) is 0 Å². The molecule has 1 fully saturated rings. The van der Waals surface area contributed by atoms with E-state index in [4.69, 9.17) is 5.48 Å². The van der Waals surface area contributed by atoms with E-state index in [0.29, 0.717) is 0 Å². The minimum Gasteiger partial charge on any atom is -0.450 e.